The number of benzene rings is 1. The highest BCUT2D eigenvalue weighted by atomic mass is 79.9. The molecule has 3 heteroatoms. The molecule has 2 nitrogen and oxygen atoms in total. The van der Waals surface area contributed by atoms with Gasteiger partial charge in [0.2, 0.25) is 0 Å². The second kappa shape index (κ2) is 4.38. The van der Waals surface area contributed by atoms with E-state index >= 15 is 0 Å². The summed E-state index contributed by atoms with van der Waals surface area (Å²) in [5.74, 6) is 0.848. The van der Waals surface area contributed by atoms with Gasteiger partial charge in [0.05, 0.1) is 5.69 Å². The molecule has 2 fully saturated rings. The molecule has 0 aliphatic carbocycles. The summed E-state index contributed by atoms with van der Waals surface area (Å²) < 4.78 is 1.22. The van der Waals surface area contributed by atoms with E-state index in [9.17, 15) is 0 Å². The molecule has 1 N–H and O–H groups in total. The average molecular weight is 281 g/mol. The van der Waals surface area contributed by atoms with Gasteiger partial charge in [0.15, 0.2) is 0 Å². The fraction of sp³-hybridized carbons (Fsp3) is 0.538. The first kappa shape index (κ1) is 10.6. The van der Waals surface area contributed by atoms with E-state index in [1.165, 1.54) is 42.6 Å². The molecule has 2 atom stereocenters. The maximum atomic E-state index is 3.65. The van der Waals surface area contributed by atoms with E-state index in [4.69, 9.17) is 0 Å². The Morgan fingerprint density at radius 3 is 3.00 bits per heavy atom. The minimum Gasteiger partial charge on any atom is -0.370 e. The van der Waals surface area contributed by atoms with Crippen molar-refractivity contribution >= 4 is 21.6 Å². The van der Waals surface area contributed by atoms with Gasteiger partial charge in [0.1, 0.15) is 0 Å². The third kappa shape index (κ3) is 1.87. The third-order valence-corrected chi connectivity index (χ3v) is 4.52. The van der Waals surface area contributed by atoms with Gasteiger partial charge in [-0.3, -0.25) is 0 Å². The molecule has 3 rings (SSSR count). The van der Waals surface area contributed by atoms with Gasteiger partial charge in [-0.1, -0.05) is 12.1 Å². The van der Waals surface area contributed by atoms with Gasteiger partial charge in [-0.05, 0) is 53.4 Å². The molecule has 1 aromatic rings. The lowest BCUT2D eigenvalue weighted by Gasteiger charge is -2.36. The van der Waals surface area contributed by atoms with Gasteiger partial charge in [-0.2, -0.15) is 0 Å². The summed E-state index contributed by atoms with van der Waals surface area (Å²) in [4.78, 5) is 2.53. The van der Waals surface area contributed by atoms with Crippen molar-refractivity contribution in [3.63, 3.8) is 0 Å². The molecular formula is C13H17BrN2. The van der Waals surface area contributed by atoms with Gasteiger partial charge in [0.25, 0.3) is 0 Å². The minimum absolute atomic E-state index is 0.777. The predicted octanol–water partition coefficient (Wildman–Crippen LogP) is 2.64. The number of rotatable bonds is 1. The van der Waals surface area contributed by atoms with E-state index in [0.29, 0.717) is 0 Å². The first-order valence-corrected chi connectivity index (χ1v) is 6.87. The Bertz CT molecular complexity index is 380. The molecule has 86 valence electrons. The number of hydrogen-bond donors (Lipinski definition) is 1. The molecule has 2 heterocycles. The number of nitrogens with one attached hydrogen (secondary N) is 1. The monoisotopic (exact) mass is 280 g/mol. The molecule has 0 spiro atoms. The van der Waals surface area contributed by atoms with Crippen molar-refractivity contribution in [1.82, 2.24) is 5.32 Å². The molecule has 2 aliphatic heterocycles. The molecule has 0 amide bonds. The van der Waals surface area contributed by atoms with E-state index in [0.717, 1.165) is 12.0 Å². The van der Waals surface area contributed by atoms with Gasteiger partial charge in [0, 0.05) is 23.6 Å². The Morgan fingerprint density at radius 1 is 1.25 bits per heavy atom. The molecule has 2 saturated heterocycles. The topological polar surface area (TPSA) is 15.3 Å². The Hall–Kier alpha value is -0.540. The summed E-state index contributed by atoms with van der Waals surface area (Å²) in [6.45, 7) is 3.59. The lowest BCUT2D eigenvalue weighted by atomic mass is 9.93. The predicted molar refractivity (Wildman–Crippen MR) is 70.9 cm³/mol. The number of piperidine rings is 1. The highest BCUT2D eigenvalue weighted by molar-refractivity contribution is 9.10. The minimum atomic E-state index is 0.777. The van der Waals surface area contributed by atoms with Crippen LogP contribution in [0.3, 0.4) is 0 Å². The first-order chi connectivity index (χ1) is 7.84. The Kier molecular flexibility index (Phi) is 2.90. The van der Waals surface area contributed by atoms with E-state index in [1.807, 2.05) is 0 Å². The summed E-state index contributed by atoms with van der Waals surface area (Å²) in [6, 6.07) is 9.33. The van der Waals surface area contributed by atoms with Crippen LogP contribution in [0.4, 0.5) is 5.69 Å². The van der Waals surface area contributed by atoms with E-state index in [2.05, 4.69) is 50.4 Å². The molecule has 0 bridgehead atoms. The number of hydrogen-bond acceptors (Lipinski definition) is 2. The van der Waals surface area contributed by atoms with Crippen LogP contribution < -0.4 is 10.2 Å². The molecule has 0 aromatic heterocycles. The van der Waals surface area contributed by atoms with Crippen molar-refractivity contribution in [3.05, 3.63) is 28.7 Å². The van der Waals surface area contributed by atoms with Crippen LogP contribution in [-0.4, -0.2) is 25.7 Å². The van der Waals surface area contributed by atoms with Crippen molar-refractivity contribution in [1.29, 1.82) is 0 Å². The first-order valence-electron chi connectivity index (χ1n) is 6.07. The van der Waals surface area contributed by atoms with Crippen LogP contribution in [0.15, 0.2) is 28.7 Å². The number of fused-ring (bicyclic) bond motifs is 1. The van der Waals surface area contributed by atoms with E-state index in [1.54, 1.807) is 0 Å². The maximum absolute atomic E-state index is 3.65. The Morgan fingerprint density at radius 2 is 2.12 bits per heavy atom. The van der Waals surface area contributed by atoms with Crippen LogP contribution in [0.5, 0.6) is 0 Å². The molecule has 0 saturated carbocycles. The molecule has 0 radical (unpaired) electrons. The van der Waals surface area contributed by atoms with E-state index < -0.39 is 0 Å². The average Bonchev–Trinajstić information content (AvgIpc) is 2.76. The highest BCUT2D eigenvalue weighted by Gasteiger charge is 2.32. The molecule has 2 aliphatic rings. The van der Waals surface area contributed by atoms with Crippen LogP contribution >= 0.6 is 15.9 Å². The molecule has 2 unspecified atom stereocenters. The number of nitrogens with zero attached hydrogens (tertiary/aromatic N) is 1. The molecule has 1 aromatic carbocycles. The van der Waals surface area contributed by atoms with Crippen molar-refractivity contribution < 1.29 is 0 Å². The molecule has 16 heavy (non-hydrogen) atoms. The zero-order valence-corrected chi connectivity index (χ0v) is 10.9. The SMILES string of the molecule is Brc1ccccc1N1CCC2NCCC2C1. The summed E-state index contributed by atoms with van der Waals surface area (Å²) in [5, 5.41) is 3.61. The number of para-hydroxylation sites is 1. The van der Waals surface area contributed by atoms with Crippen molar-refractivity contribution in [2.24, 2.45) is 5.92 Å². The van der Waals surface area contributed by atoms with Crippen molar-refractivity contribution in [2.45, 2.75) is 18.9 Å². The van der Waals surface area contributed by atoms with Gasteiger partial charge >= 0.3 is 0 Å². The van der Waals surface area contributed by atoms with Crippen LogP contribution in [0.2, 0.25) is 0 Å². The Labute approximate surface area is 105 Å². The number of anilines is 1. The summed E-state index contributed by atoms with van der Waals surface area (Å²) in [5.41, 5.74) is 1.35. The Balaban J connectivity index is 1.79. The molecular weight excluding hydrogens is 264 g/mol. The van der Waals surface area contributed by atoms with Crippen LogP contribution in [0, 0.1) is 5.92 Å². The largest absolute Gasteiger partial charge is 0.370 e. The van der Waals surface area contributed by atoms with Crippen LogP contribution in [0.25, 0.3) is 0 Å². The van der Waals surface area contributed by atoms with Gasteiger partial charge in [-0.15, -0.1) is 0 Å². The third-order valence-electron chi connectivity index (χ3n) is 3.85. The lowest BCUT2D eigenvalue weighted by Crippen LogP contribution is -2.44. The standard InChI is InChI=1S/C13H17BrN2/c14-11-3-1-2-4-13(11)16-8-6-12-10(9-16)5-7-15-12/h1-4,10,12,15H,5-9H2. The smallest absolute Gasteiger partial charge is 0.0510 e. The zero-order valence-electron chi connectivity index (χ0n) is 9.32. The summed E-state index contributed by atoms with van der Waals surface area (Å²) >= 11 is 3.65. The van der Waals surface area contributed by atoms with Crippen molar-refractivity contribution in [2.75, 3.05) is 24.5 Å². The zero-order chi connectivity index (χ0) is 11.0. The van der Waals surface area contributed by atoms with Gasteiger partial charge < -0.3 is 10.2 Å². The summed E-state index contributed by atoms with van der Waals surface area (Å²) in [7, 11) is 0. The van der Waals surface area contributed by atoms with E-state index in [-0.39, 0.29) is 0 Å². The lowest BCUT2D eigenvalue weighted by molar-refractivity contribution is 0.376. The van der Waals surface area contributed by atoms with Crippen LogP contribution in [-0.2, 0) is 0 Å². The normalized spacial score (nSPS) is 29.2. The van der Waals surface area contributed by atoms with Gasteiger partial charge in [-0.25, -0.2) is 0 Å². The second-order valence-electron chi connectivity index (χ2n) is 4.80. The summed E-state index contributed by atoms with van der Waals surface area (Å²) in [6.07, 6.45) is 2.62. The number of halogens is 1. The maximum Gasteiger partial charge on any atom is 0.0510 e. The van der Waals surface area contributed by atoms with Crippen LogP contribution in [0.1, 0.15) is 12.8 Å². The fourth-order valence-corrected chi connectivity index (χ4v) is 3.51. The fourth-order valence-electron chi connectivity index (χ4n) is 2.97. The quantitative estimate of drug-likeness (QED) is 0.851. The van der Waals surface area contributed by atoms with Crippen molar-refractivity contribution in [3.8, 4) is 0 Å². The second-order valence-corrected chi connectivity index (χ2v) is 5.65. The highest BCUT2D eigenvalue weighted by Crippen LogP contribution is 2.32.